The molecule has 0 saturated carbocycles. The number of nitrogens with one attached hydrogen (secondary N) is 1. The van der Waals surface area contributed by atoms with Crippen LogP contribution >= 0.6 is 0 Å². The summed E-state index contributed by atoms with van der Waals surface area (Å²) in [5.41, 5.74) is 0.844. The standard InChI is InChI=1S/C10H12F3N/c1-3-7-6-8(10(11,12)13)4-5-9(7)14-2/h4-6,14H,3H2,1-2H3. The molecule has 0 aliphatic rings. The molecule has 4 heteroatoms. The summed E-state index contributed by atoms with van der Waals surface area (Å²) < 4.78 is 37.0. The molecular formula is C10H12F3N. The molecule has 0 unspecified atom stereocenters. The lowest BCUT2D eigenvalue weighted by atomic mass is 10.1. The number of anilines is 1. The third kappa shape index (κ3) is 2.19. The first kappa shape index (κ1) is 10.9. The molecule has 1 nitrogen and oxygen atoms in total. The maximum atomic E-state index is 12.3. The number of halogens is 3. The molecule has 14 heavy (non-hydrogen) atoms. The summed E-state index contributed by atoms with van der Waals surface area (Å²) in [4.78, 5) is 0. The van der Waals surface area contributed by atoms with Crippen LogP contribution in [-0.2, 0) is 12.6 Å². The largest absolute Gasteiger partial charge is 0.416 e. The minimum Gasteiger partial charge on any atom is -0.388 e. The SMILES string of the molecule is CCc1cc(C(F)(F)F)ccc1NC. The Balaban J connectivity index is 3.14. The first-order valence-electron chi connectivity index (χ1n) is 4.37. The second-order valence-electron chi connectivity index (χ2n) is 2.97. The zero-order valence-corrected chi connectivity index (χ0v) is 8.07. The molecule has 0 heterocycles. The molecule has 0 saturated heterocycles. The van der Waals surface area contributed by atoms with Crippen LogP contribution in [0.1, 0.15) is 18.1 Å². The van der Waals surface area contributed by atoms with Gasteiger partial charge in [-0.1, -0.05) is 6.92 Å². The molecule has 1 rings (SSSR count). The molecule has 1 aromatic carbocycles. The number of alkyl halides is 3. The lowest BCUT2D eigenvalue weighted by Gasteiger charge is -2.11. The Bertz CT molecular complexity index is 318. The van der Waals surface area contributed by atoms with Crippen LogP contribution in [-0.4, -0.2) is 7.05 Å². The highest BCUT2D eigenvalue weighted by atomic mass is 19.4. The van der Waals surface area contributed by atoms with E-state index in [1.165, 1.54) is 12.1 Å². The van der Waals surface area contributed by atoms with Gasteiger partial charge in [0.15, 0.2) is 0 Å². The van der Waals surface area contributed by atoms with Gasteiger partial charge in [0, 0.05) is 12.7 Å². The molecule has 0 atom stereocenters. The van der Waals surface area contributed by atoms with Gasteiger partial charge in [0.05, 0.1) is 5.56 Å². The molecule has 1 N–H and O–H groups in total. The average molecular weight is 203 g/mol. The van der Waals surface area contributed by atoms with Crippen molar-refractivity contribution in [1.29, 1.82) is 0 Å². The smallest absolute Gasteiger partial charge is 0.388 e. The predicted molar refractivity (Wildman–Crippen MR) is 50.4 cm³/mol. The first-order valence-corrected chi connectivity index (χ1v) is 4.37. The average Bonchev–Trinajstić information content (AvgIpc) is 2.15. The Kier molecular flexibility index (Phi) is 3.03. The molecule has 0 bridgehead atoms. The molecule has 1 aromatic rings. The number of benzene rings is 1. The van der Waals surface area contributed by atoms with E-state index in [4.69, 9.17) is 0 Å². The van der Waals surface area contributed by atoms with Crippen molar-refractivity contribution in [2.24, 2.45) is 0 Å². The number of rotatable bonds is 2. The van der Waals surface area contributed by atoms with Gasteiger partial charge in [-0.25, -0.2) is 0 Å². The van der Waals surface area contributed by atoms with Crippen LogP contribution in [0.3, 0.4) is 0 Å². The van der Waals surface area contributed by atoms with Crippen molar-refractivity contribution in [2.75, 3.05) is 12.4 Å². The van der Waals surface area contributed by atoms with Crippen LogP contribution in [0.2, 0.25) is 0 Å². The Hall–Kier alpha value is -1.19. The normalized spacial score (nSPS) is 11.5. The van der Waals surface area contributed by atoms with Gasteiger partial charge >= 0.3 is 6.18 Å². The monoisotopic (exact) mass is 203 g/mol. The van der Waals surface area contributed by atoms with Gasteiger partial charge in [0.25, 0.3) is 0 Å². The van der Waals surface area contributed by atoms with E-state index in [0.29, 0.717) is 12.0 Å². The van der Waals surface area contributed by atoms with E-state index in [1.54, 1.807) is 7.05 Å². The summed E-state index contributed by atoms with van der Waals surface area (Å²) in [6.45, 7) is 1.83. The summed E-state index contributed by atoms with van der Waals surface area (Å²) >= 11 is 0. The quantitative estimate of drug-likeness (QED) is 0.777. The van der Waals surface area contributed by atoms with E-state index in [2.05, 4.69) is 5.32 Å². The lowest BCUT2D eigenvalue weighted by Crippen LogP contribution is -2.06. The van der Waals surface area contributed by atoms with Crippen LogP contribution in [0.25, 0.3) is 0 Å². The number of hydrogen-bond donors (Lipinski definition) is 1. The van der Waals surface area contributed by atoms with Gasteiger partial charge in [0.1, 0.15) is 0 Å². The zero-order valence-electron chi connectivity index (χ0n) is 8.07. The van der Waals surface area contributed by atoms with Gasteiger partial charge in [-0.05, 0) is 30.2 Å². The molecular weight excluding hydrogens is 191 g/mol. The highest BCUT2D eigenvalue weighted by Crippen LogP contribution is 2.31. The van der Waals surface area contributed by atoms with Gasteiger partial charge in [0.2, 0.25) is 0 Å². The molecule has 0 spiro atoms. The zero-order chi connectivity index (χ0) is 10.8. The van der Waals surface area contributed by atoms with Crippen LogP contribution in [0.15, 0.2) is 18.2 Å². The predicted octanol–water partition coefficient (Wildman–Crippen LogP) is 3.31. The van der Waals surface area contributed by atoms with E-state index < -0.39 is 11.7 Å². The van der Waals surface area contributed by atoms with E-state index in [0.717, 1.165) is 11.8 Å². The molecule has 0 radical (unpaired) electrons. The highest BCUT2D eigenvalue weighted by molar-refractivity contribution is 5.52. The molecule has 0 fully saturated rings. The van der Waals surface area contributed by atoms with E-state index in [1.807, 2.05) is 6.92 Å². The third-order valence-electron chi connectivity index (χ3n) is 2.08. The summed E-state index contributed by atoms with van der Waals surface area (Å²) in [5, 5.41) is 2.86. The van der Waals surface area contributed by atoms with Gasteiger partial charge in [-0.2, -0.15) is 13.2 Å². The molecule has 78 valence electrons. The van der Waals surface area contributed by atoms with Gasteiger partial charge in [-0.15, -0.1) is 0 Å². The third-order valence-corrected chi connectivity index (χ3v) is 2.08. The molecule has 0 amide bonds. The minimum absolute atomic E-state index is 0.583. The first-order chi connectivity index (χ1) is 6.49. The van der Waals surface area contributed by atoms with Gasteiger partial charge < -0.3 is 5.32 Å². The lowest BCUT2D eigenvalue weighted by molar-refractivity contribution is -0.137. The van der Waals surface area contributed by atoms with Crippen molar-refractivity contribution in [3.8, 4) is 0 Å². The van der Waals surface area contributed by atoms with Crippen molar-refractivity contribution < 1.29 is 13.2 Å². The highest BCUT2D eigenvalue weighted by Gasteiger charge is 2.30. The van der Waals surface area contributed by atoms with Gasteiger partial charge in [-0.3, -0.25) is 0 Å². The Labute approximate surface area is 80.9 Å². The Morgan fingerprint density at radius 1 is 1.29 bits per heavy atom. The summed E-state index contributed by atoms with van der Waals surface area (Å²) in [6.07, 6.45) is -3.67. The van der Waals surface area contributed by atoms with Crippen molar-refractivity contribution >= 4 is 5.69 Å². The Morgan fingerprint density at radius 3 is 2.36 bits per heavy atom. The van der Waals surface area contributed by atoms with Crippen molar-refractivity contribution in [3.05, 3.63) is 29.3 Å². The van der Waals surface area contributed by atoms with Crippen LogP contribution in [0, 0.1) is 0 Å². The maximum Gasteiger partial charge on any atom is 0.416 e. The summed E-state index contributed by atoms with van der Waals surface area (Å²) in [7, 11) is 1.70. The van der Waals surface area contributed by atoms with E-state index in [9.17, 15) is 13.2 Å². The van der Waals surface area contributed by atoms with E-state index in [-0.39, 0.29) is 0 Å². The molecule has 0 aromatic heterocycles. The van der Waals surface area contributed by atoms with Crippen molar-refractivity contribution in [2.45, 2.75) is 19.5 Å². The summed E-state index contributed by atoms with van der Waals surface area (Å²) in [6, 6.07) is 3.73. The van der Waals surface area contributed by atoms with Crippen LogP contribution < -0.4 is 5.32 Å². The Morgan fingerprint density at radius 2 is 1.93 bits per heavy atom. The van der Waals surface area contributed by atoms with Crippen molar-refractivity contribution in [1.82, 2.24) is 0 Å². The number of hydrogen-bond acceptors (Lipinski definition) is 1. The fourth-order valence-electron chi connectivity index (χ4n) is 1.31. The van der Waals surface area contributed by atoms with E-state index >= 15 is 0 Å². The molecule has 0 aliphatic heterocycles. The molecule has 0 aliphatic carbocycles. The summed E-state index contributed by atoms with van der Waals surface area (Å²) in [5.74, 6) is 0. The number of aryl methyl sites for hydroxylation is 1. The second-order valence-corrected chi connectivity index (χ2v) is 2.97. The second kappa shape index (κ2) is 3.90. The van der Waals surface area contributed by atoms with Crippen molar-refractivity contribution in [3.63, 3.8) is 0 Å². The maximum absolute atomic E-state index is 12.3. The fourth-order valence-corrected chi connectivity index (χ4v) is 1.31. The minimum atomic E-state index is -4.25. The topological polar surface area (TPSA) is 12.0 Å². The van der Waals surface area contributed by atoms with Crippen LogP contribution in [0.5, 0.6) is 0 Å². The van der Waals surface area contributed by atoms with Crippen LogP contribution in [0.4, 0.5) is 18.9 Å². The fraction of sp³-hybridized carbons (Fsp3) is 0.400.